The molecule has 2 heterocycles. The van der Waals surface area contributed by atoms with E-state index >= 15 is 0 Å². The highest BCUT2D eigenvalue weighted by atomic mass is 15.1. The fourth-order valence-electron chi connectivity index (χ4n) is 2.30. The largest absolute Gasteiger partial charge is 0.335 e. The Hall–Kier alpha value is -0.0400. The summed E-state index contributed by atoms with van der Waals surface area (Å²) in [7, 11) is 0. The monoisotopic (exact) mass is 126 g/mol. The lowest BCUT2D eigenvalue weighted by Crippen LogP contribution is -3.10. The Kier molecular flexibility index (Phi) is 1.46. The number of quaternary nitrogens is 1. The Morgan fingerprint density at radius 3 is 3.00 bits per heavy atom. The molecule has 2 aliphatic rings. The summed E-state index contributed by atoms with van der Waals surface area (Å²) in [6.45, 7) is 4.45. The molecular formula is C8H16N+. The van der Waals surface area contributed by atoms with Crippen molar-refractivity contribution in [3.05, 3.63) is 0 Å². The second-order valence-electron chi connectivity index (χ2n) is 3.60. The molecule has 2 aliphatic heterocycles. The molecule has 0 aromatic heterocycles. The first kappa shape index (κ1) is 5.72. The average molecular weight is 126 g/mol. The van der Waals surface area contributed by atoms with E-state index in [9.17, 15) is 0 Å². The van der Waals surface area contributed by atoms with Gasteiger partial charge in [-0.2, -0.15) is 0 Å². The highest BCUT2D eigenvalue weighted by Crippen LogP contribution is 2.15. The van der Waals surface area contributed by atoms with Crippen LogP contribution in [0.2, 0.25) is 0 Å². The van der Waals surface area contributed by atoms with E-state index in [2.05, 4.69) is 0 Å². The van der Waals surface area contributed by atoms with Gasteiger partial charge >= 0.3 is 0 Å². The Morgan fingerprint density at radius 1 is 1.00 bits per heavy atom. The van der Waals surface area contributed by atoms with Crippen LogP contribution in [0.25, 0.3) is 0 Å². The normalized spacial score (nSPS) is 42.7. The third-order valence-electron chi connectivity index (χ3n) is 2.88. The summed E-state index contributed by atoms with van der Waals surface area (Å²) in [5, 5.41) is 0. The molecule has 2 unspecified atom stereocenters. The van der Waals surface area contributed by atoms with Crippen LogP contribution in [-0.4, -0.2) is 19.6 Å². The molecule has 2 atom stereocenters. The quantitative estimate of drug-likeness (QED) is 0.468. The van der Waals surface area contributed by atoms with E-state index in [1.54, 1.807) is 0 Å². The summed E-state index contributed by atoms with van der Waals surface area (Å²) in [6.07, 6.45) is 6.05. The van der Waals surface area contributed by atoms with Crippen molar-refractivity contribution in [2.75, 3.05) is 19.6 Å². The molecule has 2 saturated heterocycles. The Bertz CT molecular complexity index is 88.7. The lowest BCUT2D eigenvalue weighted by atomic mass is 10.0. The second kappa shape index (κ2) is 2.30. The molecule has 9 heavy (non-hydrogen) atoms. The third-order valence-corrected chi connectivity index (χ3v) is 2.88. The van der Waals surface area contributed by atoms with E-state index < -0.39 is 0 Å². The van der Waals surface area contributed by atoms with Crippen molar-refractivity contribution in [3.8, 4) is 0 Å². The van der Waals surface area contributed by atoms with Crippen molar-refractivity contribution in [1.29, 1.82) is 0 Å². The minimum atomic E-state index is 1.11. The molecule has 2 bridgehead atoms. The van der Waals surface area contributed by atoms with Gasteiger partial charge in [-0.25, -0.2) is 0 Å². The topological polar surface area (TPSA) is 4.44 Å². The molecule has 0 amide bonds. The number of rotatable bonds is 0. The first-order valence-electron chi connectivity index (χ1n) is 4.29. The third kappa shape index (κ3) is 1.11. The van der Waals surface area contributed by atoms with Gasteiger partial charge in [0.15, 0.2) is 0 Å². The first-order valence-corrected chi connectivity index (χ1v) is 4.29. The molecule has 0 aromatic rings. The van der Waals surface area contributed by atoms with Crippen molar-refractivity contribution in [3.63, 3.8) is 0 Å². The van der Waals surface area contributed by atoms with E-state index in [4.69, 9.17) is 0 Å². The molecule has 1 N–H and O–H groups in total. The van der Waals surface area contributed by atoms with Gasteiger partial charge in [0.05, 0.1) is 19.6 Å². The molecule has 2 fully saturated rings. The van der Waals surface area contributed by atoms with Crippen molar-refractivity contribution in [2.24, 2.45) is 5.92 Å². The zero-order valence-electron chi connectivity index (χ0n) is 6.03. The molecule has 0 aromatic carbocycles. The van der Waals surface area contributed by atoms with Crippen LogP contribution >= 0.6 is 0 Å². The van der Waals surface area contributed by atoms with Crippen LogP contribution in [0.4, 0.5) is 0 Å². The average Bonchev–Trinajstić information content (AvgIpc) is 2.09. The Morgan fingerprint density at radius 2 is 2.00 bits per heavy atom. The number of fused-ring (bicyclic) bond motifs is 2. The van der Waals surface area contributed by atoms with E-state index in [-0.39, 0.29) is 0 Å². The van der Waals surface area contributed by atoms with Crippen LogP contribution in [0.3, 0.4) is 0 Å². The molecule has 52 valence electrons. The fourth-order valence-corrected chi connectivity index (χ4v) is 2.30. The van der Waals surface area contributed by atoms with Crippen molar-refractivity contribution >= 4 is 0 Å². The van der Waals surface area contributed by atoms with Gasteiger partial charge in [-0.1, -0.05) is 0 Å². The van der Waals surface area contributed by atoms with Crippen molar-refractivity contribution < 1.29 is 4.90 Å². The van der Waals surface area contributed by atoms with Crippen LogP contribution in [-0.2, 0) is 0 Å². The fraction of sp³-hybridized carbons (Fsp3) is 1.00. The maximum absolute atomic E-state index is 1.89. The number of hydrogen-bond donors (Lipinski definition) is 1. The number of nitrogens with one attached hydrogen (secondary N) is 1. The molecule has 0 radical (unpaired) electrons. The summed E-state index contributed by atoms with van der Waals surface area (Å²) in [4.78, 5) is 1.89. The lowest BCUT2D eigenvalue weighted by molar-refractivity contribution is -0.888. The van der Waals surface area contributed by atoms with E-state index in [1.165, 1.54) is 45.3 Å². The maximum atomic E-state index is 1.89. The standard InChI is InChI=1S/C8H15N/c1-2-5-9-6-4-8(3-1)7-9/h8H,1-7H2/p+1. The Labute approximate surface area is 57.0 Å². The van der Waals surface area contributed by atoms with Gasteiger partial charge in [-0.15, -0.1) is 0 Å². The van der Waals surface area contributed by atoms with Gasteiger partial charge < -0.3 is 4.90 Å². The molecule has 0 saturated carbocycles. The highest BCUT2D eigenvalue weighted by molar-refractivity contribution is 4.65. The van der Waals surface area contributed by atoms with Crippen LogP contribution in [0.5, 0.6) is 0 Å². The summed E-state index contributed by atoms with van der Waals surface area (Å²) in [6, 6.07) is 0. The van der Waals surface area contributed by atoms with Crippen LogP contribution < -0.4 is 4.90 Å². The second-order valence-corrected chi connectivity index (χ2v) is 3.60. The molecule has 0 spiro atoms. The van der Waals surface area contributed by atoms with E-state index in [0.29, 0.717) is 0 Å². The summed E-state index contributed by atoms with van der Waals surface area (Å²) < 4.78 is 0. The minimum absolute atomic E-state index is 1.11. The zero-order valence-corrected chi connectivity index (χ0v) is 6.03. The first-order chi connectivity index (χ1) is 4.45. The Balaban J connectivity index is 1.99. The van der Waals surface area contributed by atoms with Gasteiger partial charge in [0.1, 0.15) is 0 Å². The summed E-state index contributed by atoms with van der Waals surface area (Å²) >= 11 is 0. The molecule has 0 aliphatic carbocycles. The summed E-state index contributed by atoms with van der Waals surface area (Å²) in [5.41, 5.74) is 0. The van der Waals surface area contributed by atoms with Crippen LogP contribution in [0.15, 0.2) is 0 Å². The van der Waals surface area contributed by atoms with Crippen LogP contribution in [0.1, 0.15) is 25.7 Å². The smallest absolute Gasteiger partial charge is 0.0801 e. The number of hydrogen-bond acceptors (Lipinski definition) is 0. The highest BCUT2D eigenvalue weighted by Gasteiger charge is 2.27. The lowest BCUT2D eigenvalue weighted by Gasteiger charge is -2.08. The predicted molar refractivity (Wildman–Crippen MR) is 37.5 cm³/mol. The molecular weight excluding hydrogens is 110 g/mol. The van der Waals surface area contributed by atoms with Gasteiger partial charge in [0, 0.05) is 12.3 Å². The minimum Gasteiger partial charge on any atom is -0.335 e. The molecule has 1 nitrogen and oxygen atoms in total. The van der Waals surface area contributed by atoms with Crippen molar-refractivity contribution in [2.45, 2.75) is 25.7 Å². The predicted octanol–water partition coefficient (Wildman–Crippen LogP) is 0.0751. The SMILES string of the molecule is C1CC[NH+]2CCC(C1)C2. The van der Waals surface area contributed by atoms with Gasteiger partial charge in [-0.05, 0) is 19.3 Å². The van der Waals surface area contributed by atoms with Crippen LogP contribution in [0, 0.1) is 5.92 Å². The summed E-state index contributed by atoms with van der Waals surface area (Å²) in [5.74, 6) is 1.11. The van der Waals surface area contributed by atoms with E-state index in [1.807, 2.05) is 4.90 Å². The molecule has 1 heteroatoms. The van der Waals surface area contributed by atoms with Gasteiger partial charge in [0.2, 0.25) is 0 Å². The van der Waals surface area contributed by atoms with Gasteiger partial charge in [0.25, 0.3) is 0 Å². The van der Waals surface area contributed by atoms with Crippen molar-refractivity contribution in [1.82, 2.24) is 0 Å². The van der Waals surface area contributed by atoms with E-state index in [0.717, 1.165) is 5.92 Å². The van der Waals surface area contributed by atoms with Gasteiger partial charge in [-0.3, -0.25) is 0 Å². The molecule has 2 rings (SSSR count). The maximum Gasteiger partial charge on any atom is 0.0801 e. The zero-order chi connectivity index (χ0) is 6.10.